The zero-order valence-corrected chi connectivity index (χ0v) is 16.4. The first kappa shape index (κ1) is 21.3. The van der Waals surface area contributed by atoms with Crippen molar-refractivity contribution in [3.8, 4) is 6.07 Å². The number of hydrogen-bond donors (Lipinski definition) is 1. The van der Waals surface area contributed by atoms with Gasteiger partial charge in [0.25, 0.3) is 11.8 Å². The fraction of sp³-hybridized carbons (Fsp3) is 0.667. The molecule has 0 aromatic carbocycles. The number of thioether (sulfide) groups is 2. The zero-order chi connectivity index (χ0) is 20.2. The number of rotatable bonds is 8. The molecule has 2 aliphatic heterocycles. The Labute approximate surface area is 164 Å². The molecule has 2 unspecified atom stereocenters. The van der Waals surface area contributed by atoms with Gasteiger partial charge in [-0.1, -0.05) is 0 Å². The lowest BCUT2D eigenvalue weighted by Gasteiger charge is -2.55. The molecular formula is C15H19N3O7S2. The van der Waals surface area contributed by atoms with Gasteiger partial charge in [0.15, 0.2) is 6.04 Å². The van der Waals surface area contributed by atoms with E-state index in [2.05, 4.69) is 0 Å². The Morgan fingerprint density at radius 3 is 2.78 bits per heavy atom. The van der Waals surface area contributed by atoms with Crippen LogP contribution in [0.25, 0.3) is 0 Å². The van der Waals surface area contributed by atoms with E-state index in [0.717, 1.165) is 16.8 Å². The quantitative estimate of drug-likeness (QED) is 0.239. The van der Waals surface area contributed by atoms with Crippen molar-refractivity contribution in [3.63, 3.8) is 0 Å². The average Bonchev–Trinajstić information content (AvgIpc) is 2.63. The van der Waals surface area contributed by atoms with Gasteiger partial charge in [0, 0.05) is 19.2 Å². The molecule has 0 spiro atoms. The summed E-state index contributed by atoms with van der Waals surface area (Å²) >= 11 is 2.31. The smallest absolute Gasteiger partial charge is 0.315 e. The number of nitrogens with zero attached hydrogens (tertiary/aromatic N) is 3. The fourth-order valence-electron chi connectivity index (χ4n) is 2.82. The lowest BCUT2D eigenvalue weighted by atomic mass is 9.88. The normalized spacial score (nSPS) is 26.4. The molecule has 2 saturated heterocycles. The molecular weight excluding hydrogens is 398 g/mol. The van der Waals surface area contributed by atoms with Crippen molar-refractivity contribution < 1.29 is 33.9 Å². The standard InChI is InChI=1S/C15H19N3O7S2/c1-9(19)25-7-15(14(22)23)6-17-12(21)11(13(17)27-8-15)18(24-2)10(20)5-26-4-3-16/h11,13H,4-8H2,1-2H3,(H,22,23)/t11?,13-,15?/m1/s1. The molecule has 2 heterocycles. The number of esters is 1. The minimum Gasteiger partial charge on any atom is -0.481 e. The average molecular weight is 417 g/mol. The van der Waals surface area contributed by atoms with Gasteiger partial charge in [-0.15, -0.1) is 23.5 Å². The number of hydrogen-bond acceptors (Lipinski definition) is 9. The van der Waals surface area contributed by atoms with Gasteiger partial charge in [-0.25, -0.2) is 5.06 Å². The number of carboxylic acids is 1. The number of carboxylic acid groups (broad SMARTS) is 1. The molecule has 2 aliphatic rings. The van der Waals surface area contributed by atoms with Crippen molar-refractivity contribution in [3.05, 3.63) is 0 Å². The number of carbonyl (C=O) groups excluding carboxylic acids is 3. The van der Waals surface area contributed by atoms with Crippen LogP contribution in [0.3, 0.4) is 0 Å². The molecule has 2 rings (SSSR count). The summed E-state index contributed by atoms with van der Waals surface area (Å²) in [5, 5.41) is 18.7. The van der Waals surface area contributed by atoms with Crippen LogP contribution in [0.2, 0.25) is 0 Å². The van der Waals surface area contributed by atoms with Gasteiger partial charge in [-0.2, -0.15) is 5.26 Å². The van der Waals surface area contributed by atoms with E-state index in [4.69, 9.17) is 14.8 Å². The third kappa shape index (κ3) is 4.31. The highest BCUT2D eigenvalue weighted by atomic mass is 32.2. The van der Waals surface area contributed by atoms with Crippen LogP contribution >= 0.6 is 23.5 Å². The van der Waals surface area contributed by atoms with E-state index in [1.54, 1.807) is 0 Å². The first-order valence-corrected chi connectivity index (χ1v) is 10.1. The van der Waals surface area contributed by atoms with Crippen LogP contribution in [-0.4, -0.2) is 87.8 Å². The van der Waals surface area contributed by atoms with Crippen LogP contribution in [0.1, 0.15) is 6.92 Å². The predicted molar refractivity (Wildman–Crippen MR) is 95.2 cm³/mol. The van der Waals surface area contributed by atoms with E-state index in [1.165, 1.54) is 30.7 Å². The Morgan fingerprint density at radius 2 is 2.22 bits per heavy atom. The summed E-state index contributed by atoms with van der Waals surface area (Å²) in [5.41, 5.74) is -1.39. The molecule has 148 valence electrons. The summed E-state index contributed by atoms with van der Waals surface area (Å²) in [5.74, 6) is -2.36. The number of fused-ring (bicyclic) bond motifs is 1. The van der Waals surface area contributed by atoms with Crippen LogP contribution in [0.15, 0.2) is 0 Å². The molecule has 12 heteroatoms. The van der Waals surface area contributed by atoms with Crippen molar-refractivity contribution in [1.29, 1.82) is 5.26 Å². The number of ether oxygens (including phenoxy) is 1. The summed E-state index contributed by atoms with van der Waals surface area (Å²) in [6.45, 7) is 0.743. The van der Waals surface area contributed by atoms with E-state index in [-0.39, 0.29) is 30.4 Å². The number of hydroxylamine groups is 2. The van der Waals surface area contributed by atoms with Crippen LogP contribution < -0.4 is 0 Å². The Kier molecular flexibility index (Phi) is 6.96. The molecule has 3 atom stereocenters. The molecule has 0 aromatic heterocycles. The molecule has 0 bridgehead atoms. The monoisotopic (exact) mass is 417 g/mol. The maximum atomic E-state index is 12.6. The largest absolute Gasteiger partial charge is 0.481 e. The Bertz CT molecular complexity index is 683. The Hall–Kier alpha value is -1.97. The summed E-state index contributed by atoms with van der Waals surface area (Å²) in [4.78, 5) is 54.0. The number of nitriles is 1. The van der Waals surface area contributed by atoms with Crippen molar-refractivity contribution in [2.24, 2.45) is 5.41 Å². The fourth-order valence-corrected chi connectivity index (χ4v) is 4.87. The molecule has 0 aliphatic carbocycles. The van der Waals surface area contributed by atoms with E-state index >= 15 is 0 Å². The molecule has 2 amide bonds. The second-order valence-corrected chi connectivity index (χ2v) is 8.12. The molecule has 0 radical (unpaired) electrons. The molecule has 0 aromatic rings. The summed E-state index contributed by atoms with van der Waals surface area (Å²) in [6, 6.07) is 1.06. The van der Waals surface area contributed by atoms with Crippen LogP contribution in [-0.2, 0) is 28.8 Å². The van der Waals surface area contributed by atoms with E-state index < -0.39 is 40.6 Å². The van der Waals surface area contributed by atoms with Crippen LogP contribution in [0.5, 0.6) is 0 Å². The third-order valence-electron chi connectivity index (χ3n) is 4.21. The highest BCUT2D eigenvalue weighted by molar-refractivity contribution is 8.00. The van der Waals surface area contributed by atoms with Gasteiger partial charge in [0.2, 0.25) is 0 Å². The molecule has 27 heavy (non-hydrogen) atoms. The lowest BCUT2D eigenvalue weighted by molar-refractivity contribution is -0.211. The number of aliphatic carboxylic acids is 1. The molecule has 2 fully saturated rings. The lowest BCUT2D eigenvalue weighted by Crippen LogP contribution is -2.74. The van der Waals surface area contributed by atoms with Crippen molar-refractivity contribution >= 4 is 47.3 Å². The van der Waals surface area contributed by atoms with Crippen molar-refractivity contribution in [2.45, 2.75) is 18.3 Å². The minimum atomic E-state index is -1.39. The number of amides is 2. The van der Waals surface area contributed by atoms with E-state index in [9.17, 15) is 24.3 Å². The summed E-state index contributed by atoms with van der Waals surface area (Å²) < 4.78 is 4.89. The predicted octanol–water partition coefficient (Wildman–Crippen LogP) is -0.449. The minimum absolute atomic E-state index is 0.00587. The number of β-lactam (4-membered cyclic amide) rings is 1. The van der Waals surface area contributed by atoms with Crippen LogP contribution in [0, 0.1) is 16.7 Å². The SMILES string of the molecule is CON(C(=O)CSCC#N)C1C(=O)N2CC(COC(C)=O)(C(=O)O)CS[C@H]12. The number of carbonyl (C=O) groups is 4. The maximum absolute atomic E-state index is 12.6. The third-order valence-corrected chi connectivity index (χ3v) is 6.57. The van der Waals surface area contributed by atoms with Crippen molar-refractivity contribution in [1.82, 2.24) is 9.96 Å². The maximum Gasteiger partial charge on any atom is 0.315 e. The topological polar surface area (TPSA) is 137 Å². The highest BCUT2D eigenvalue weighted by Crippen LogP contribution is 2.44. The second kappa shape index (κ2) is 8.81. The Morgan fingerprint density at radius 1 is 1.52 bits per heavy atom. The second-order valence-electron chi connectivity index (χ2n) is 6.03. The van der Waals surface area contributed by atoms with Gasteiger partial charge < -0.3 is 14.7 Å². The van der Waals surface area contributed by atoms with Gasteiger partial charge in [0.1, 0.15) is 17.4 Å². The van der Waals surface area contributed by atoms with Gasteiger partial charge in [-0.3, -0.25) is 24.0 Å². The zero-order valence-electron chi connectivity index (χ0n) is 14.7. The molecule has 0 saturated carbocycles. The summed E-state index contributed by atoms with van der Waals surface area (Å²) in [7, 11) is 1.28. The highest BCUT2D eigenvalue weighted by Gasteiger charge is 2.60. The summed E-state index contributed by atoms with van der Waals surface area (Å²) in [6.07, 6.45) is 0. The van der Waals surface area contributed by atoms with Gasteiger partial charge in [0.05, 0.1) is 24.7 Å². The molecule has 1 N–H and O–H groups in total. The van der Waals surface area contributed by atoms with Gasteiger partial charge in [-0.05, 0) is 0 Å². The van der Waals surface area contributed by atoms with Crippen LogP contribution in [0.4, 0.5) is 0 Å². The first-order valence-electron chi connectivity index (χ1n) is 7.87. The van der Waals surface area contributed by atoms with E-state index in [1.807, 2.05) is 6.07 Å². The van der Waals surface area contributed by atoms with E-state index in [0.29, 0.717) is 0 Å². The first-order chi connectivity index (χ1) is 12.8. The Balaban J connectivity index is 2.07. The van der Waals surface area contributed by atoms with Crippen molar-refractivity contribution in [2.75, 3.05) is 37.5 Å². The van der Waals surface area contributed by atoms with Gasteiger partial charge >= 0.3 is 11.9 Å². The molecule has 10 nitrogen and oxygen atoms in total.